The summed E-state index contributed by atoms with van der Waals surface area (Å²) in [4.78, 5) is 11.5. The zero-order chi connectivity index (χ0) is 15.8. The number of carbonyl (C=O) groups is 1. The van der Waals surface area contributed by atoms with Crippen LogP contribution in [0.4, 0.5) is 0 Å². The first kappa shape index (κ1) is 19.5. The van der Waals surface area contributed by atoms with Crippen molar-refractivity contribution in [3.8, 4) is 17.9 Å². The van der Waals surface area contributed by atoms with Crippen LogP contribution in [0.1, 0.15) is 84.5 Å². The van der Waals surface area contributed by atoms with Crippen molar-refractivity contribution >= 4 is 5.97 Å². The summed E-state index contributed by atoms with van der Waals surface area (Å²) in [7, 11) is 0. The lowest BCUT2D eigenvalue weighted by Crippen LogP contribution is -2.16. The van der Waals surface area contributed by atoms with Crippen LogP contribution in [-0.4, -0.2) is 12.1 Å². The van der Waals surface area contributed by atoms with Crippen LogP contribution in [0.2, 0.25) is 0 Å². The number of unbranched alkanes of at least 4 members (excludes halogenated alkanes) is 6. The molecular weight excluding hydrogens is 262 g/mol. The first-order valence-corrected chi connectivity index (χ1v) is 8.29. The van der Waals surface area contributed by atoms with Gasteiger partial charge in [-0.15, -0.1) is 0 Å². The van der Waals surface area contributed by atoms with Crippen molar-refractivity contribution in [1.29, 1.82) is 5.26 Å². The SMILES string of the molecule is CCCCCCCCC#C[C@H](CCC#N)OC(=O)CCC. The van der Waals surface area contributed by atoms with Crippen molar-refractivity contribution in [3.63, 3.8) is 0 Å². The summed E-state index contributed by atoms with van der Waals surface area (Å²) < 4.78 is 5.29. The van der Waals surface area contributed by atoms with Crippen molar-refractivity contribution in [3.05, 3.63) is 0 Å². The molecular formula is C18H29NO2. The second-order valence-electron chi connectivity index (χ2n) is 5.26. The van der Waals surface area contributed by atoms with Crippen LogP contribution in [0, 0.1) is 23.2 Å². The first-order valence-electron chi connectivity index (χ1n) is 8.29. The predicted molar refractivity (Wildman–Crippen MR) is 85.4 cm³/mol. The number of hydrogen-bond acceptors (Lipinski definition) is 3. The number of nitriles is 1. The molecule has 0 aliphatic carbocycles. The fourth-order valence-corrected chi connectivity index (χ4v) is 1.96. The molecule has 0 aromatic carbocycles. The van der Waals surface area contributed by atoms with E-state index in [2.05, 4.69) is 24.8 Å². The zero-order valence-corrected chi connectivity index (χ0v) is 13.6. The quantitative estimate of drug-likeness (QED) is 0.313. The number of esters is 1. The summed E-state index contributed by atoms with van der Waals surface area (Å²) >= 11 is 0. The second kappa shape index (κ2) is 14.9. The molecule has 0 N–H and O–H groups in total. The van der Waals surface area contributed by atoms with E-state index in [-0.39, 0.29) is 5.97 Å². The summed E-state index contributed by atoms with van der Waals surface area (Å²) in [6.07, 6.45) is 9.99. The molecule has 0 saturated heterocycles. The fraction of sp³-hybridized carbons (Fsp3) is 0.778. The van der Waals surface area contributed by atoms with Gasteiger partial charge >= 0.3 is 5.97 Å². The van der Waals surface area contributed by atoms with Crippen LogP contribution in [0.15, 0.2) is 0 Å². The molecule has 0 unspecified atom stereocenters. The van der Waals surface area contributed by atoms with Gasteiger partial charge in [0.2, 0.25) is 0 Å². The lowest BCUT2D eigenvalue weighted by molar-refractivity contribution is -0.146. The minimum atomic E-state index is -0.413. The highest BCUT2D eigenvalue weighted by Crippen LogP contribution is 2.07. The van der Waals surface area contributed by atoms with E-state index in [0.717, 1.165) is 19.3 Å². The van der Waals surface area contributed by atoms with E-state index in [1.807, 2.05) is 6.92 Å². The number of carbonyl (C=O) groups excluding carboxylic acids is 1. The lowest BCUT2D eigenvalue weighted by atomic mass is 10.1. The Hall–Kier alpha value is -1.48. The van der Waals surface area contributed by atoms with E-state index in [1.54, 1.807) is 0 Å². The summed E-state index contributed by atoms with van der Waals surface area (Å²) in [5, 5.41) is 8.63. The Morgan fingerprint density at radius 1 is 1.05 bits per heavy atom. The fourth-order valence-electron chi connectivity index (χ4n) is 1.96. The summed E-state index contributed by atoms with van der Waals surface area (Å²) in [5.41, 5.74) is 0. The minimum Gasteiger partial charge on any atom is -0.449 e. The highest BCUT2D eigenvalue weighted by atomic mass is 16.5. The van der Waals surface area contributed by atoms with Gasteiger partial charge in [0.1, 0.15) is 0 Å². The van der Waals surface area contributed by atoms with E-state index in [9.17, 15) is 4.79 Å². The Bertz CT molecular complexity index is 360. The van der Waals surface area contributed by atoms with Gasteiger partial charge in [-0.1, -0.05) is 57.8 Å². The summed E-state index contributed by atoms with van der Waals surface area (Å²) in [5.74, 6) is 5.88. The monoisotopic (exact) mass is 291 g/mol. The molecule has 0 heterocycles. The number of rotatable bonds is 11. The van der Waals surface area contributed by atoms with Gasteiger partial charge in [0.15, 0.2) is 6.10 Å². The van der Waals surface area contributed by atoms with E-state index in [0.29, 0.717) is 19.3 Å². The van der Waals surface area contributed by atoms with Crippen LogP contribution in [0.5, 0.6) is 0 Å². The highest BCUT2D eigenvalue weighted by Gasteiger charge is 2.10. The molecule has 21 heavy (non-hydrogen) atoms. The number of nitrogens with zero attached hydrogens (tertiary/aromatic N) is 1. The van der Waals surface area contributed by atoms with E-state index in [1.165, 1.54) is 32.1 Å². The van der Waals surface area contributed by atoms with Gasteiger partial charge in [0, 0.05) is 25.7 Å². The molecule has 0 bridgehead atoms. The van der Waals surface area contributed by atoms with Crippen LogP contribution in [0.25, 0.3) is 0 Å². The Balaban J connectivity index is 3.96. The average Bonchev–Trinajstić information content (AvgIpc) is 2.47. The second-order valence-corrected chi connectivity index (χ2v) is 5.26. The summed E-state index contributed by atoms with van der Waals surface area (Å²) in [6, 6.07) is 2.07. The molecule has 0 aromatic heterocycles. The van der Waals surface area contributed by atoms with Crippen LogP contribution >= 0.6 is 0 Å². The molecule has 0 radical (unpaired) electrons. The van der Waals surface area contributed by atoms with Crippen molar-refractivity contribution < 1.29 is 9.53 Å². The Kier molecular flexibility index (Phi) is 13.9. The van der Waals surface area contributed by atoms with Gasteiger partial charge in [0.05, 0.1) is 6.07 Å². The maximum absolute atomic E-state index is 11.5. The Morgan fingerprint density at radius 2 is 1.76 bits per heavy atom. The van der Waals surface area contributed by atoms with Gasteiger partial charge in [-0.2, -0.15) is 5.26 Å². The molecule has 0 aromatic rings. The predicted octanol–water partition coefficient (Wildman–Crippen LogP) is 4.76. The molecule has 0 aliphatic rings. The van der Waals surface area contributed by atoms with Gasteiger partial charge < -0.3 is 4.74 Å². The normalized spacial score (nSPS) is 11.1. The standard InChI is InChI=1S/C18H29NO2/c1-3-5-6-7-8-9-10-11-14-17(15-12-16-19)21-18(20)13-4-2/h17H,3-10,12-13,15H2,1-2H3/t17-/m1/s1. The largest absolute Gasteiger partial charge is 0.449 e. The average molecular weight is 291 g/mol. The third-order valence-electron chi connectivity index (χ3n) is 3.16. The molecule has 3 nitrogen and oxygen atoms in total. The van der Waals surface area contributed by atoms with Gasteiger partial charge in [-0.05, 0) is 12.8 Å². The molecule has 0 rings (SSSR count). The molecule has 118 valence electrons. The Morgan fingerprint density at radius 3 is 2.43 bits per heavy atom. The van der Waals surface area contributed by atoms with E-state index < -0.39 is 6.10 Å². The van der Waals surface area contributed by atoms with Crippen LogP contribution < -0.4 is 0 Å². The van der Waals surface area contributed by atoms with Crippen molar-refractivity contribution in [2.24, 2.45) is 0 Å². The molecule has 0 aliphatic heterocycles. The van der Waals surface area contributed by atoms with Gasteiger partial charge in [-0.3, -0.25) is 4.79 Å². The first-order chi connectivity index (χ1) is 10.2. The molecule has 0 saturated carbocycles. The van der Waals surface area contributed by atoms with Crippen LogP contribution in [0.3, 0.4) is 0 Å². The number of hydrogen-bond donors (Lipinski definition) is 0. The zero-order valence-electron chi connectivity index (χ0n) is 13.6. The van der Waals surface area contributed by atoms with Crippen molar-refractivity contribution in [2.75, 3.05) is 0 Å². The van der Waals surface area contributed by atoms with Gasteiger partial charge in [0.25, 0.3) is 0 Å². The number of ether oxygens (including phenoxy) is 1. The topological polar surface area (TPSA) is 50.1 Å². The van der Waals surface area contributed by atoms with Crippen LogP contribution in [-0.2, 0) is 9.53 Å². The molecule has 0 amide bonds. The third kappa shape index (κ3) is 13.3. The highest BCUT2D eigenvalue weighted by molar-refractivity contribution is 5.69. The maximum Gasteiger partial charge on any atom is 0.307 e. The Labute approximate surface area is 130 Å². The van der Waals surface area contributed by atoms with E-state index in [4.69, 9.17) is 10.00 Å². The van der Waals surface area contributed by atoms with Crippen molar-refractivity contribution in [2.45, 2.75) is 90.6 Å². The van der Waals surface area contributed by atoms with Gasteiger partial charge in [-0.25, -0.2) is 0 Å². The molecule has 0 fully saturated rings. The van der Waals surface area contributed by atoms with Crippen molar-refractivity contribution in [1.82, 2.24) is 0 Å². The molecule has 1 atom stereocenters. The van der Waals surface area contributed by atoms with E-state index >= 15 is 0 Å². The smallest absolute Gasteiger partial charge is 0.307 e. The maximum atomic E-state index is 11.5. The third-order valence-corrected chi connectivity index (χ3v) is 3.16. The lowest BCUT2D eigenvalue weighted by Gasteiger charge is -2.10. The molecule has 0 spiro atoms. The molecule has 3 heteroatoms. The minimum absolute atomic E-state index is 0.214. The summed E-state index contributed by atoms with van der Waals surface area (Å²) in [6.45, 7) is 4.16.